The van der Waals surface area contributed by atoms with Gasteiger partial charge in [0.2, 0.25) is 0 Å². The minimum absolute atomic E-state index is 0.00749. The second-order valence-electron chi connectivity index (χ2n) is 7.41. The Bertz CT molecular complexity index is 790. The highest BCUT2D eigenvalue weighted by atomic mass is 16.5. The molecule has 0 spiro atoms. The summed E-state index contributed by atoms with van der Waals surface area (Å²) in [5, 5.41) is 3.23. The zero-order valence-electron chi connectivity index (χ0n) is 15.0. The third-order valence-corrected chi connectivity index (χ3v) is 5.58. The summed E-state index contributed by atoms with van der Waals surface area (Å²) in [5.41, 5.74) is 7.08. The summed E-state index contributed by atoms with van der Waals surface area (Å²) >= 11 is 0. The number of fused-ring (bicyclic) bond motifs is 3. The van der Waals surface area contributed by atoms with Gasteiger partial charge in [-0.1, -0.05) is 6.07 Å². The van der Waals surface area contributed by atoms with Gasteiger partial charge in [0.25, 0.3) is 5.91 Å². The summed E-state index contributed by atoms with van der Waals surface area (Å²) < 4.78 is 5.78. The minimum Gasteiger partial charge on any atom is -0.457 e. The van der Waals surface area contributed by atoms with Crippen LogP contribution in [0.2, 0.25) is 0 Å². The van der Waals surface area contributed by atoms with Gasteiger partial charge in [-0.05, 0) is 68.6 Å². The first-order valence-corrected chi connectivity index (χ1v) is 9.27. The lowest BCUT2D eigenvalue weighted by Gasteiger charge is -2.48. The van der Waals surface area contributed by atoms with Crippen LogP contribution in [0.1, 0.15) is 30.1 Å². The molecule has 5 rings (SSSR count). The molecule has 3 aliphatic heterocycles. The molecule has 136 valence electrons. The van der Waals surface area contributed by atoms with Crippen LogP contribution in [0.3, 0.4) is 0 Å². The van der Waals surface area contributed by atoms with Crippen molar-refractivity contribution in [3.8, 4) is 11.5 Å². The van der Waals surface area contributed by atoms with E-state index in [9.17, 15) is 4.79 Å². The van der Waals surface area contributed by atoms with Crippen LogP contribution in [0.4, 0.5) is 5.69 Å². The molecule has 0 aromatic heterocycles. The molecule has 2 aromatic carbocycles. The number of anilines is 1. The average Bonchev–Trinajstić information content (AvgIpc) is 2.63. The van der Waals surface area contributed by atoms with Gasteiger partial charge in [0.15, 0.2) is 0 Å². The molecule has 5 nitrogen and oxygen atoms in total. The summed E-state index contributed by atoms with van der Waals surface area (Å²) in [6.07, 6.45) is 2.36. The Labute approximate surface area is 154 Å². The van der Waals surface area contributed by atoms with Crippen molar-refractivity contribution in [2.24, 2.45) is 5.92 Å². The lowest BCUT2D eigenvalue weighted by atomic mass is 9.80. The van der Waals surface area contributed by atoms with Gasteiger partial charge < -0.3 is 15.8 Å². The molecule has 26 heavy (non-hydrogen) atoms. The lowest BCUT2D eigenvalue weighted by Crippen LogP contribution is -2.60. The number of hydrogen-bond acceptors (Lipinski definition) is 4. The van der Waals surface area contributed by atoms with Gasteiger partial charge in [0, 0.05) is 35.9 Å². The highest BCUT2D eigenvalue weighted by Gasteiger charge is 2.38. The van der Waals surface area contributed by atoms with Gasteiger partial charge >= 0.3 is 0 Å². The Morgan fingerprint density at radius 3 is 2.65 bits per heavy atom. The first kappa shape index (κ1) is 16.9. The van der Waals surface area contributed by atoms with Gasteiger partial charge in [-0.15, -0.1) is 0 Å². The number of benzene rings is 2. The number of carbonyl (C=O) groups excluding carboxylic acids is 1. The third kappa shape index (κ3) is 3.53. The van der Waals surface area contributed by atoms with Crippen molar-refractivity contribution in [3.63, 3.8) is 0 Å². The summed E-state index contributed by atoms with van der Waals surface area (Å²) in [7, 11) is 0. The second kappa shape index (κ2) is 7.00. The molecular weight excluding hydrogens is 326 g/mol. The molecule has 4 unspecified atom stereocenters. The van der Waals surface area contributed by atoms with E-state index in [4.69, 9.17) is 10.5 Å². The molecule has 3 saturated heterocycles. The summed E-state index contributed by atoms with van der Waals surface area (Å²) in [6.45, 7) is 4.41. The Balaban J connectivity index is 1.38. The van der Waals surface area contributed by atoms with E-state index in [1.807, 2.05) is 30.3 Å². The second-order valence-corrected chi connectivity index (χ2v) is 7.41. The SMILES string of the molecule is CC1CC2CCN1CC2NC(=O)c1ccc(Oc2cccc(N)c2)cc1. The van der Waals surface area contributed by atoms with Gasteiger partial charge in [-0.3, -0.25) is 9.69 Å². The molecule has 3 heterocycles. The molecule has 2 bridgehead atoms. The Hall–Kier alpha value is -2.53. The Morgan fingerprint density at radius 1 is 1.19 bits per heavy atom. The van der Waals surface area contributed by atoms with Gasteiger partial charge in [-0.2, -0.15) is 0 Å². The number of nitrogen functional groups attached to an aromatic ring is 1. The number of nitrogens with two attached hydrogens (primary N) is 1. The van der Waals surface area contributed by atoms with E-state index in [2.05, 4.69) is 17.1 Å². The van der Waals surface area contributed by atoms with Crippen LogP contribution in [0.5, 0.6) is 11.5 Å². The van der Waals surface area contributed by atoms with Crippen molar-refractivity contribution in [1.29, 1.82) is 0 Å². The van der Waals surface area contributed by atoms with Gasteiger partial charge in [-0.25, -0.2) is 0 Å². The van der Waals surface area contributed by atoms with Crippen LogP contribution in [-0.2, 0) is 0 Å². The van der Waals surface area contributed by atoms with Crippen LogP contribution >= 0.6 is 0 Å². The number of ether oxygens (including phenoxy) is 1. The van der Waals surface area contributed by atoms with Crippen molar-refractivity contribution in [3.05, 3.63) is 54.1 Å². The van der Waals surface area contributed by atoms with Crippen LogP contribution < -0.4 is 15.8 Å². The minimum atomic E-state index is -0.00749. The van der Waals surface area contributed by atoms with Crippen LogP contribution in [0, 0.1) is 5.92 Å². The number of hydrogen-bond donors (Lipinski definition) is 2. The van der Waals surface area contributed by atoms with E-state index >= 15 is 0 Å². The number of piperidine rings is 3. The van der Waals surface area contributed by atoms with E-state index in [0.717, 1.165) is 13.1 Å². The molecule has 1 amide bonds. The van der Waals surface area contributed by atoms with Crippen LogP contribution in [0.15, 0.2) is 48.5 Å². The van der Waals surface area contributed by atoms with E-state index in [-0.39, 0.29) is 11.9 Å². The van der Waals surface area contributed by atoms with Crippen molar-refractivity contribution in [1.82, 2.24) is 10.2 Å². The van der Waals surface area contributed by atoms with Gasteiger partial charge in [0.05, 0.1) is 0 Å². The third-order valence-electron chi connectivity index (χ3n) is 5.58. The number of amides is 1. The summed E-state index contributed by atoms with van der Waals surface area (Å²) in [5.74, 6) is 1.96. The molecule has 2 aromatic rings. The van der Waals surface area contributed by atoms with E-state index in [1.54, 1.807) is 18.2 Å². The smallest absolute Gasteiger partial charge is 0.251 e. The molecule has 0 saturated carbocycles. The van der Waals surface area contributed by atoms with E-state index in [1.165, 1.54) is 12.8 Å². The first-order valence-electron chi connectivity index (χ1n) is 9.27. The predicted octanol–water partition coefficient (Wildman–Crippen LogP) is 3.27. The molecule has 3 N–H and O–H groups in total. The van der Waals surface area contributed by atoms with E-state index in [0.29, 0.717) is 34.7 Å². The van der Waals surface area contributed by atoms with E-state index < -0.39 is 0 Å². The zero-order chi connectivity index (χ0) is 18.1. The molecule has 3 fully saturated rings. The Morgan fingerprint density at radius 2 is 2.00 bits per heavy atom. The van der Waals surface area contributed by atoms with Crippen molar-refractivity contribution >= 4 is 11.6 Å². The number of rotatable bonds is 4. The summed E-state index contributed by atoms with van der Waals surface area (Å²) in [4.78, 5) is 15.1. The largest absolute Gasteiger partial charge is 0.457 e. The summed E-state index contributed by atoms with van der Waals surface area (Å²) in [6, 6.07) is 15.4. The average molecular weight is 351 g/mol. The maximum absolute atomic E-state index is 12.6. The molecule has 0 aliphatic carbocycles. The van der Waals surface area contributed by atoms with Crippen LogP contribution in [-0.4, -0.2) is 36.0 Å². The molecular formula is C21H25N3O2. The number of nitrogens with one attached hydrogen (secondary N) is 1. The molecule has 0 radical (unpaired) electrons. The first-order chi connectivity index (χ1) is 12.6. The number of carbonyl (C=O) groups is 1. The topological polar surface area (TPSA) is 67.6 Å². The molecule has 4 atom stereocenters. The van der Waals surface area contributed by atoms with Crippen molar-refractivity contribution < 1.29 is 9.53 Å². The monoisotopic (exact) mass is 351 g/mol. The fraction of sp³-hybridized carbons (Fsp3) is 0.381. The predicted molar refractivity (Wildman–Crippen MR) is 102 cm³/mol. The normalized spacial score (nSPS) is 27.1. The maximum atomic E-state index is 12.6. The number of nitrogens with zero attached hydrogens (tertiary/aromatic N) is 1. The highest BCUT2D eigenvalue weighted by Crippen LogP contribution is 2.32. The van der Waals surface area contributed by atoms with Gasteiger partial charge in [0.1, 0.15) is 11.5 Å². The highest BCUT2D eigenvalue weighted by molar-refractivity contribution is 5.94. The van der Waals surface area contributed by atoms with Crippen molar-refractivity contribution in [2.75, 3.05) is 18.8 Å². The standard InChI is InChI=1S/C21H25N3O2/c1-14-11-16-9-10-24(14)13-20(16)23-21(25)15-5-7-18(8-6-15)26-19-4-2-3-17(22)12-19/h2-8,12,14,16,20H,9-11,13,22H2,1H3,(H,23,25). The lowest BCUT2D eigenvalue weighted by molar-refractivity contribution is 0.0274. The quantitative estimate of drug-likeness (QED) is 0.830. The van der Waals surface area contributed by atoms with Crippen LogP contribution in [0.25, 0.3) is 0 Å². The van der Waals surface area contributed by atoms with Crippen molar-refractivity contribution in [2.45, 2.75) is 31.8 Å². The fourth-order valence-electron chi connectivity index (χ4n) is 4.10. The molecule has 3 aliphatic rings. The molecule has 5 heteroatoms. The fourth-order valence-corrected chi connectivity index (χ4v) is 4.10. The maximum Gasteiger partial charge on any atom is 0.251 e. The Kier molecular flexibility index (Phi) is 4.55. The zero-order valence-corrected chi connectivity index (χ0v) is 15.0.